The minimum atomic E-state index is 0.227. The second-order valence-corrected chi connectivity index (χ2v) is 3.98. The third kappa shape index (κ3) is 3.33. The summed E-state index contributed by atoms with van der Waals surface area (Å²) in [7, 11) is 0. The highest BCUT2D eigenvalue weighted by molar-refractivity contribution is 5.33. The number of rotatable bonds is 5. The van der Waals surface area contributed by atoms with Crippen molar-refractivity contribution in [2.24, 2.45) is 0 Å². The van der Waals surface area contributed by atoms with Crippen molar-refractivity contribution in [3.8, 4) is 0 Å². The topological polar surface area (TPSA) is 32.3 Å². The van der Waals surface area contributed by atoms with Crippen LogP contribution >= 0.6 is 0 Å². The van der Waals surface area contributed by atoms with E-state index in [1.54, 1.807) is 0 Å². The van der Waals surface area contributed by atoms with Crippen LogP contribution in [0.25, 0.3) is 0 Å². The fraction of sp³-hybridized carbons (Fsp3) is 0.538. The summed E-state index contributed by atoms with van der Waals surface area (Å²) in [6.45, 7) is 7.47. The number of benzene rings is 1. The van der Waals surface area contributed by atoms with E-state index in [0.717, 1.165) is 13.0 Å². The Morgan fingerprint density at radius 1 is 1.33 bits per heavy atom. The Labute approximate surface area is 92.3 Å². The predicted molar refractivity (Wildman–Crippen MR) is 64.0 cm³/mol. The van der Waals surface area contributed by atoms with Crippen LogP contribution in [0.2, 0.25) is 0 Å². The molecule has 0 aromatic heterocycles. The first kappa shape index (κ1) is 12.2. The van der Waals surface area contributed by atoms with Gasteiger partial charge in [-0.1, -0.05) is 30.7 Å². The van der Waals surface area contributed by atoms with Gasteiger partial charge in [0.25, 0.3) is 0 Å². The van der Waals surface area contributed by atoms with E-state index in [-0.39, 0.29) is 12.6 Å². The molecule has 0 amide bonds. The maximum Gasteiger partial charge on any atom is 0.0449 e. The van der Waals surface area contributed by atoms with E-state index in [0.29, 0.717) is 0 Å². The molecule has 2 heteroatoms. The highest BCUT2D eigenvalue weighted by atomic mass is 16.3. The van der Waals surface area contributed by atoms with Crippen LogP contribution in [0.1, 0.15) is 36.1 Å². The van der Waals surface area contributed by atoms with Crippen molar-refractivity contribution in [2.45, 2.75) is 33.2 Å². The normalized spacial score (nSPS) is 12.8. The molecule has 1 aromatic rings. The molecule has 0 saturated carbocycles. The molecule has 0 fully saturated rings. The summed E-state index contributed by atoms with van der Waals surface area (Å²) in [4.78, 5) is 0. The standard InChI is InChI=1S/C13H21NO/c1-4-14-13(7-8-15)12-9-10(2)5-6-11(12)3/h5-6,9,13-15H,4,7-8H2,1-3H3. The van der Waals surface area contributed by atoms with E-state index in [1.807, 2.05) is 0 Å². The van der Waals surface area contributed by atoms with Gasteiger partial charge in [0.15, 0.2) is 0 Å². The van der Waals surface area contributed by atoms with Crippen LogP contribution in [0.3, 0.4) is 0 Å². The van der Waals surface area contributed by atoms with Crippen molar-refractivity contribution in [3.05, 3.63) is 34.9 Å². The molecule has 0 aliphatic rings. The summed E-state index contributed by atoms with van der Waals surface area (Å²) in [5.74, 6) is 0. The van der Waals surface area contributed by atoms with E-state index < -0.39 is 0 Å². The van der Waals surface area contributed by atoms with E-state index in [2.05, 4.69) is 44.3 Å². The highest BCUT2D eigenvalue weighted by Crippen LogP contribution is 2.21. The van der Waals surface area contributed by atoms with E-state index in [4.69, 9.17) is 5.11 Å². The number of aryl methyl sites for hydroxylation is 2. The third-order valence-electron chi connectivity index (χ3n) is 2.68. The van der Waals surface area contributed by atoms with E-state index in [9.17, 15) is 0 Å². The van der Waals surface area contributed by atoms with Crippen LogP contribution in [0, 0.1) is 13.8 Å². The van der Waals surface area contributed by atoms with Crippen molar-refractivity contribution in [3.63, 3.8) is 0 Å². The Bertz CT molecular complexity index is 303. The summed E-state index contributed by atoms with van der Waals surface area (Å²) in [5.41, 5.74) is 3.88. The molecule has 1 atom stereocenters. The molecule has 1 aromatic carbocycles. The molecule has 0 radical (unpaired) electrons. The number of nitrogens with one attached hydrogen (secondary N) is 1. The van der Waals surface area contributed by atoms with Gasteiger partial charge < -0.3 is 10.4 Å². The molecular weight excluding hydrogens is 186 g/mol. The van der Waals surface area contributed by atoms with E-state index >= 15 is 0 Å². The molecule has 2 N–H and O–H groups in total. The zero-order valence-corrected chi connectivity index (χ0v) is 9.88. The number of aliphatic hydroxyl groups excluding tert-OH is 1. The Kier molecular flexibility index (Phi) is 4.79. The van der Waals surface area contributed by atoms with Crippen molar-refractivity contribution < 1.29 is 5.11 Å². The average Bonchev–Trinajstić information content (AvgIpc) is 2.21. The number of hydrogen-bond acceptors (Lipinski definition) is 2. The van der Waals surface area contributed by atoms with Gasteiger partial charge in [0.1, 0.15) is 0 Å². The second kappa shape index (κ2) is 5.89. The van der Waals surface area contributed by atoms with Gasteiger partial charge in [-0.2, -0.15) is 0 Å². The zero-order chi connectivity index (χ0) is 11.3. The van der Waals surface area contributed by atoms with Crippen LogP contribution in [-0.4, -0.2) is 18.3 Å². The maximum absolute atomic E-state index is 9.04. The van der Waals surface area contributed by atoms with Crippen molar-refractivity contribution in [2.75, 3.05) is 13.2 Å². The molecule has 2 nitrogen and oxygen atoms in total. The molecular formula is C13H21NO. The first-order valence-electron chi connectivity index (χ1n) is 5.60. The first-order chi connectivity index (χ1) is 7.19. The molecule has 84 valence electrons. The largest absolute Gasteiger partial charge is 0.396 e. The van der Waals surface area contributed by atoms with Gasteiger partial charge in [-0.25, -0.2) is 0 Å². The summed E-state index contributed by atoms with van der Waals surface area (Å²) in [6.07, 6.45) is 0.776. The molecule has 15 heavy (non-hydrogen) atoms. The van der Waals surface area contributed by atoms with Crippen LogP contribution in [0.15, 0.2) is 18.2 Å². The highest BCUT2D eigenvalue weighted by Gasteiger charge is 2.11. The van der Waals surface area contributed by atoms with Crippen LogP contribution in [0.5, 0.6) is 0 Å². The Balaban J connectivity index is 2.93. The lowest BCUT2D eigenvalue weighted by atomic mass is 9.97. The molecule has 0 saturated heterocycles. The molecule has 0 aliphatic carbocycles. The number of hydrogen-bond donors (Lipinski definition) is 2. The van der Waals surface area contributed by atoms with Crippen molar-refractivity contribution in [1.29, 1.82) is 0 Å². The van der Waals surface area contributed by atoms with Gasteiger partial charge in [0.05, 0.1) is 0 Å². The van der Waals surface area contributed by atoms with Crippen molar-refractivity contribution in [1.82, 2.24) is 5.32 Å². The minimum absolute atomic E-state index is 0.227. The van der Waals surface area contributed by atoms with Gasteiger partial charge in [-0.15, -0.1) is 0 Å². The summed E-state index contributed by atoms with van der Waals surface area (Å²) < 4.78 is 0. The van der Waals surface area contributed by atoms with Crippen molar-refractivity contribution >= 4 is 0 Å². The van der Waals surface area contributed by atoms with Gasteiger partial charge in [-0.05, 0) is 37.9 Å². The van der Waals surface area contributed by atoms with Crippen LogP contribution < -0.4 is 5.32 Å². The quantitative estimate of drug-likeness (QED) is 0.776. The molecule has 0 bridgehead atoms. The molecule has 0 spiro atoms. The maximum atomic E-state index is 9.04. The van der Waals surface area contributed by atoms with Gasteiger partial charge in [0.2, 0.25) is 0 Å². The zero-order valence-electron chi connectivity index (χ0n) is 9.88. The summed E-state index contributed by atoms with van der Waals surface area (Å²) in [6, 6.07) is 6.76. The molecule has 1 rings (SSSR count). The smallest absolute Gasteiger partial charge is 0.0449 e. The summed E-state index contributed by atoms with van der Waals surface area (Å²) >= 11 is 0. The lowest BCUT2D eigenvalue weighted by Gasteiger charge is -2.20. The van der Waals surface area contributed by atoms with Gasteiger partial charge >= 0.3 is 0 Å². The molecule has 1 unspecified atom stereocenters. The lowest BCUT2D eigenvalue weighted by molar-refractivity contribution is 0.266. The predicted octanol–water partition coefficient (Wildman–Crippen LogP) is 2.34. The van der Waals surface area contributed by atoms with Crippen LogP contribution in [-0.2, 0) is 0 Å². The monoisotopic (exact) mass is 207 g/mol. The number of aliphatic hydroxyl groups is 1. The molecule has 0 heterocycles. The first-order valence-corrected chi connectivity index (χ1v) is 5.60. The Hall–Kier alpha value is -0.860. The van der Waals surface area contributed by atoms with Crippen LogP contribution in [0.4, 0.5) is 0 Å². The lowest BCUT2D eigenvalue weighted by Crippen LogP contribution is -2.22. The Morgan fingerprint density at radius 3 is 2.67 bits per heavy atom. The fourth-order valence-electron chi connectivity index (χ4n) is 1.88. The molecule has 0 aliphatic heterocycles. The second-order valence-electron chi connectivity index (χ2n) is 3.98. The fourth-order valence-corrected chi connectivity index (χ4v) is 1.88. The van der Waals surface area contributed by atoms with Gasteiger partial charge in [0, 0.05) is 12.6 Å². The SMILES string of the molecule is CCNC(CCO)c1cc(C)ccc1C. The van der Waals surface area contributed by atoms with Gasteiger partial charge in [-0.3, -0.25) is 0 Å². The summed E-state index contributed by atoms with van der Waals surface area (Å²) in [5, 5.41) is 12.5. The minimum Gasteiger partial charge on any atom is -0.396 e. The Morgan fingerprint density at radius 2 is 2.07 bits per heavy atom. The van der Waals surface area contributed by atoms with E-state index in [1.165, 1.54) is 16.7 Å². The average molecular weight is 207 g/mol. The third-order valence-corrected chi connectivity index (χ3v) is 2.68.